The minimum atomic E-state index is 0.882. The van der Waals surface area contributed by atoms with E-state index in [0.717, 1.165) is 27.9 Å². The molecular weight excluding hydrogens is 270 g/mol. The summed E-state index contributed by atoms with van der Waals surface area (Å²) in [7, 11) is 1.68. The lowest BCUT2D eigenvalue weighted by atomic mass is 10.2. The van der Waals surface area contributed by atoms with E-state index in [0.29, 0.717) is 0 Å². The first-order valence-corrected chi connectivity index (χ1v) is 7.32. The molecule has 102 valence electrons. The summed E-state index contributed by atoms with van der Waals surface area (Å²) in [6, 6.07) is 12.1. The normalized spacial score (nSPS) is 10.9. The largest absolute Gasteiger partial charge is 0.497 e. The molecule has 3 rings (SSSR count). The SMILES string of the molecule is COc1ccc(CSc2ccc3nc(C)cn3n2)cc1. The summed E-state index contributed by atoms with van der Waals surface area (Å²) >= 11 is 1.71. The molecule has 20 heavy (non-hydrogen) atoms. The molecular formula is C15H15N3OS. The summed E-state index contributed by atoms with van der Waals surface area (Å²) in [5, 5.41) is 5.53. The van der Waals surface area contributed by atoms with Crippen LogP contribution in [0.15, 0.2) is 47.6 Å². The van der Waals surface area contributed by atoms with Gasteiger partial charge in [-0.2, -0.15) is 5.10 Å². The van der Waals surface area contributed by atoms with Crippen LogP contribution in [0.2, 0.25) is 0 Å². The zero-order valence-electron chi connectivity index (χ0n) is 11.4. The second-order valence-electron chi connectivity index (χ2n) is 4.49. The molecule has 2 heterocycles. The zero-order valence-corrected chi connectivity index (χ0v) is 12.2. The molecule has 0 saturated heterocycles. The van der Waals surface area contributed by atoms with Crippen molar-refractivity contribution >= 4 is 17.4 Å². The van der Waals surface area contributed by atoms with Crippen molar-refractivity contribution in [1.29, 1.82) is 0 Å². The van der Waals surface area contributed by atoms with Crippen LogP contribution in [0.4, 0.5) is 0 Å². The highest BCUT2D eigenvalue weighted by molar-refractivity contribution is 7.98. The fourth-order valence-corrected chi connectivity index (χ4v) is 2.76. The molecule has 0 aliphatic rings. The monoisotopic (exact) mass is 285 g/mol. The minimum Gasteiger partial charge on any atom is -0.497 e. The van der Waals surface area contributed by atoms with Crippen LogP contribution in [0.25, 0.3) is 5.65 Å². The summed E-state index contributed by atoms with van der Waals surface area (Å²) in [5.41, 5.74) is 3.12. The molecule has 0 amide bonds. The number of hydrogen-bond acceptors (Lipinski definition) is 4. The van der Waals surface area contributed by atoms with Crippen LogP contribution in [0, 0.1) is 6.92 Å². The van der Waals surface area contributed by atoms with E-state index < -0.39 is 0 Å². The standard InChI is InChI=1S/C15H15N3OS/c1-11-9-18-14(16-11)7-8-15(17-18)20-10-12-3-5-13(19-2)6-4-12/h3-9H,10H2,1-2H3. The number of aromatic nitrogens is 3. The predicted octanol–water partition coefficient (Wildman–Crippen LogP) is 3.34. The number of benzene rings is 1. The number of methoxy groups -OCH3 is 1. The molecule has 0 unspecified atom stereocenters. The average molecular weight is 285 g/mol. The van der Waals surface area contributed by atoms with E-state index >= 15 is 0 Å². The van der Waals surface area contributed by atoms with Gasteiger partial charge >= 0.3 is 0 Å². The van der Waals surface area contributed by atoms with Gasteiger partial charge in [0.05, 0.1) is 19.0 Å². The fraction of sp³-hybridized carbons (Fsp3) is 0.200. The van der Waals surface area contributed by atoms with E-state index in [4.69, 9.17) is 4.74 Å². The van der Waals surface area contributed by atoms with Gasteiger partial charge in [-0.05, 0) is 36.8 Å². The number of rotatable bonds is 4. The molecule has 0 saturated carbocycles. The minimum absolute atomic E-state index is 0.882. The molecule has 0 fully saturated rings. The third-order valence-corrected chi connectivity index (χ3v) is 3.95. The van der Waals surface area contributed by atoms with Crippen molar-refractivity contribution in [2.75, 3.05) is 7.11 Å². The Morgan fingerprint density at radius 3 is 2.70 bits per heavy atom. The van der Waals surface area contributed by atoms with Gasteiger partial charge < -0.3 is 4.74 Å². The third kappa shape index (κ3) is 2.77. The first-order valence-electron chi connectivity index (χ1n) is 6.33. The van der Waals surface area contributed by atoms with Crippen molar-refractivity contribution in [1.82, 2.24) is 14.6 Å². The quantitative estimate of drug-likeness (QED) is 0.689. The van der Waals surface area contributed by atoms with Crippen LogP contribution in [-0.4, -0.2) is 21.7 Å². The van der Waals surface area contributed by atoms with Gasteiger partial charge in [-0.25, -0.2) is 9.50 Å². The van der Waals surface area contributed by atoms with Crippen LogP contribution in [-0.2, 0) is 5.75 Å². The Morgan fingerprint density at radius 1 is 1.15 bits per heavy atom. The summed E-state index contributed by atoms with van der Waals surface area (Å²) in [6.07, 6.45) is 1.94. The van der Waals surface area contributed by atoms with E-state index in [1.54, 1.807) is 18.9 Å². The predicted molar refractivity (Wildman–Crippen MR) is 80.3 cm³/mol. The van der Waals surface area contributed by atoms with Crippen molar-refractivity contribution in [2.24, 2.45) is 0 Å². The van der Waals surface area contributed by atoms with Crippen LogP contribution in [0.3, 0.4) is 0 Å². The lowest BCUT2D eigenvalue weighted by molar-refractivity contribution is 0.414. The molecule has 0 aliphatic heterocycles. The van der Waals surface area contributed by atoms with E-state index in [1.807, 2.05) is 41.9 Å². The lowest BCUT2D eigenvalue weighted by Crippen LogP contribution is -1.92. The first-order chi connectivity index (χ1) is 9.74. The smallest absolute Gasteiger partial charge is 0.153 e. The number of thioether (sulfide) groups is 1. The van der Waals surface area contributed by atoms with Crippen LogP contribution < -0.4 is 4.74 Å². The third-order valence-electron chi connectivity index (χ3n) is 2.96. The number of imidazole rings is 1. The summed E-state index contributed by atoms with van der Waals surface area (Å²) in [4.78, 5) is 4.37. The highest BCUT2D eigenvalue weighted by atomic mass is 32.2. The molecule has 0 bridgehead atoms. The Hall–Kier alpha value is -2.01. The molecule has 5 heteroatoms. The maximum Gasteiger partial charge on any atom is 0.153 e. The van der Waals surface area contributed by atoms with Gasteiger partial charge in [0.15, 0.2) is 5.65 Å². The van der Waals surface area contributed by atoms with Crippen molar-refractivity contribution in [3.63, 3.8) is 0 Å². The van der Waals surface area contributed by atoms with Gasteiger partial charge in [-0.15, -0.1) is 0 Å². The van der Waals surface area contributed by atoms with Crippen LogP contribution >= 0.6 is 11.8 Å². The first kappa shape index (κ1) is 13.0. The Balaban J connectivity index is 1.72. The fourth-order valence-electron chi connectivity index (χ4n) is 1.94. The van der Waals surface area contributed by atoms with Gasteiger partial charge in [0.2, 0.25) is 0 Å². The topological polar surface area (TPSA) is 39.4 Å². The highest BCUT2D eigenvalue weighted by Gasteiger charge is 2.02. The van der Waals surface area contributed by atoms with Crippen molar-refractivity contribution < 1.29 is 4.74 Å². The zero-order chi connectivity index (χ0) is 13.9. The van der Waals surface area contributed by atoms with Gasteiger partial charge in [-0.3, -0.25) is 0 Å². The van der Waals surface area contributed by atoms with Crippen LogP contribution in [0.5, 0.6) is 5.75 Å². The van der Waals surface area contributed by atoms with E-state index in [-0.39, 0.29) is 0 Å². The maximum atomic E-state index is 5.15. The molecule has 3 aromatic rings. The van der Waals surface area contributed by atoms with Gasteiger partial charge in [0, 0.05) is 5.75 Å². The van der Waals surface area contributed by atoms with Gasteiger partial charge in [0.25, 0.3) is 0 Å². The molecule has 4 nitrogen and oxygen atoms in total. The molecule has 0 N–H and O–H groups in total. The van der Waals surface area contributed by atoms with Gasteiger partial charge in [0.1, 0.15) is 10.8 Å². The molecule has 2 aromatic heterocycles. The maximum absolute atomic E-state index is 5.15. The Morgan fingerprint density at radius 2 is 1.95 bits per heavy atom. The second kappa shape index (κ2) is 5.54. The van der Waals surface area contributed by atoms with E-state index in [1.165, 1.54) is 5.56 Å². The van der Waals surface area contributed by atoms with Crippen molar-refractivity contribution in [3.8, 4) is 5.75 Å². The summed E-state index contributed by atoms with van der Waals surface area (Å²) in [5.74, 6) is 1.77. The average Bonchev–Trinajstić information content (AvgIpc) is 2.85. The Kier molecular flexibility index (Phi) is 3.60. The number of hydrogen-bond donors (Lipinski definition) is 0. The summed E-state index contributed by atoms with van der Waals surface area (Å²) in [6.45, 7) is 1.97. The Labute approximate surface area is 121 Å². The number of ether oxygens (including phenoxy) is 1. The molecule has 0 spiro atoms. The number of nitrogens with zero attached hydrogens (tertiary/aromatic N) is 3. The number of aryl methyl sites for hydroxylation is 1. The molecule has 1 aromatic carbocycles. The molecule has 0 radical (unpaired) electrons. The van der Waals surface area contributed by atoms with Crippen LogP contribution in [0.1, 0.15) is 11.3 Å². The highest BCUT2D eigenvalue weighted by Crippen LogP contribution is 2.22. The molecule has 0 atom stereocenters. The Bertz CT molecular complexity index is 722. The van der Waals surface area contributed by atoms with E-state index in [2.05, 4.69) is 22.2 Å². The molecule has 0 aliphatic carbocycles. The number of fused-ring (bicyclic) bond motifs is 1. The van der Waals surface area contributed by atoms with E-state index in [9.17, 15) is 0 Å². The lowest BCUT2D eigenvalue weighted by Gasteiger charge is -2.03. The van der Waals surface area contributed by atoms with Crippen molar-refractivity contribution in [2.45, 2.75) is 17.7 Å². The van der Waals surface area contributed by atoms with Crippen molar-refractivity contribution in [3.05, 3.63) is 53.9 Å². The summed E-state index contributed by atoms with van der Waals surface area (Å²) < 4.78 is 6.98. The van der Waals surface area contributed by atoms with Gasteiger partial charge in [-0.1, -0.05) is 23.9 Å². The second-order valence-corrected chi connectivity index (χ2v) is 5.49.